The van der Waals surface area contributed by atoms with E-state index in [1.165, 1.54) is 47.8 Å². The molecule has 2 nitrogen and oxygen atoms in total. The van der Waals surface area contributed by atoms with Crippen molar-refractivity contribution in [1.29, 1.82) is 0 Å². The Morgan fingerprint density at radius 2 is 2.11 bits per heavy atom. The Hall–Kier alpha value is -1.28. The molecular weight excluding hydrogens is 220 g/mol. The Labute approximate surface area is 109 Å². The molecule has 96 valence electrons. The number of nitrogens with one attached hydrogen (secondary N) is 1. The molecular formula is C16H22N2. The van der Waals surface area contributed by atoms with Crippen molar-refractivity contribution in [1.82, 2.24) is 4.98 Å². The van der Waals surface area contributed by atoms with Crippen LogP contribution < -0.4 is 5.73 Å². The van der Waals surface area contributed by atoms with Gasteiger partial charge in [0.2, 0.25) is 0 Å². The lowest BCUT2D eigenvalue weighted by molar-refractivity contribution is 0.674. The first-order chi connectivity index (χ1) is 8.83. The molecule has 0 amide bonds. The van der Waals surface area contributed by atoms with Crippen LogP contribution in [0.4, 0.5) is 0 Å². The molecule has 0 fully saturated rings. The predicted molar refractivity (Wildman–Crippen MR) is 77.0 cm³/mol. The average Bonchev–Trinajstić information content (AvgIpc) is 2.78. The molecule has 0 saturated heterocycles. The molecule has 1 aromatic heterocycles. The molecule has 0 bridgehead atoms. The van der Waals surface area contributed by atoms with Gasteiger partial charge in [0.25, 0.3) is 0 Å². The quantitative estimate of drug-likeness (QED) is 0.850. The Balaban J connectivity index is 2.10. The molecule has 1 heterocycles. The Bertz CT molecular complexity index is 549. The van der Waals surface area contributed by atoms with Gasteiger partial charge in [-0.3, -0.25) is 0 Å². The van der Waals surface area contributed by atoms with Crippen molar-refractivity contribution in [2.75, 3.05) is 6.54 Å². The summed E-state index contributed by atoms with van der Waals surface area (Å²) in [6.45, 7) is 2.96. The summed E-state index contributed by atoms with van der Waals surface area (Å²) in [7, 11) is 0. The van der Waals surface area contributed by atoms with Gasteiger partial charge in [0.15, 0.2) is 0 Å². The molecule has 0 aliphatic heterocycles. The van der Waals surface area contributed by atoms with E-state index in [1.807, 2.05) is 0 Å². The minimum atomic E-state index is 0.503. The number of H-pyrrole nitrogens is 1. The summed E-state index contributed by atoms with van der Waals surface area (Å²) in [6, 6.07) is 6.85. The highest BCUT2D eigenvalue weighted by molar-refractivity contribution is 5.85. The van der Waals surface area contributed by atoms with Crippen LogP contribution >= 0.6 is 0 Å². The normalized spacial score (nSPS) is 16.8. The second kappa shape index (κ2) is 4.77. The summed E-state index contributed by atoms with van der Waals surface area (Å²) in [5, 5.41) is 1.44. The first kappa shape index (κ1) is 11.8. The van der Waals surface area contributed by atoms with Crippen LogP contribution in [0.25, 0.3) is 10.9 Å². The summed E-state index contributed by atoms with van der Waals surface area (Å²) in [5.74, 6) is 0.503. The van der Waals surface area contributed by atoms with E-state index in [-0.39, 0.29) is 0 Å². The maximum absolute atomic E-state index is 5.86. The van der Waals surface area contributed by atoms with Crippen molar-refractivity contribution in [3.63, 3.8) is 0 Å². The van der Waals surface area contributed by atoms with Crippen LogP contribution in [-0.2, 0) is 12.8 Å². The molecule has 1 aliphatic carbocycles. The van der Waals surface area contributed by atoms with Crippen molar-refractivity contribution in [3.8, 4) is 0 Å². The van der Waals surface area contributed by atoms with Crippen molar-refractivity contribution in [3.05, 3.63) is 35.0 Å². The van der Waals surface area contributed by atoms with Gasteiger partial charge in [-0.15, -0.1) is 0 Å². The summed E-state index contributed by atoms with van der Waals surface area (Å²) in [6.07, 6.45) is 6.23. The molecule has 2 aromatic rings. The number of hydrogen-bond donors (Lipinski definition) is 2. The average molecular weight is 242 g/mol. The van der Waals surface area contributed by atoms with E-state index in [1.54, 1.807) is 5.56 Å². The zero-order valence-electron chi connectivity index (χ0n) is 11.1. The molecule has 0 saturated carbocycles. The number of hydrogen-bond acceptors (Lipinski definition) is 1. The van der Waals surface area contributed by atoms with Gasteiger partial charge in [-0.2, -0.15) is 0 Å². The van der Waals surface area contributed by atoms with Crippen molar-refractivity contribution in [2.24, 2.45) is 5.73 Å². The van der Waals surface area contributed by atoms with Gasteiger partial charge in [-0.25, -0.2) is 0 Å². The van der Waals surface area contributed by atoms with Crippen molar-refractivity contribution < 1.29 is 0 Å². The van der Waals surface area contributed by atoms with Gasteiger partial charge < -0.3 is 10.7 Å². The number of fused-ring (bicyclic) bond motifs is 3. The molecule has 1 unspecified atom stereocenters. The molecule has 1 aliphatic rings. The minimum absolute atomic E-state index is 0.503. The van der Waals surface area contributed by atoms with Crippen molar-refractivity contribution in [2.45, 2.75) is 44.9 Å². The van der Waals surface area contributed by atoms with E-state index < -0.39 is 0 Å². The van der Waals surface area contributed by atoms with Gasteiger partial charge in [0.1, 0.15) is 0 Å². The number of nitrogens with two attached hydrogens (primary N) is 1. The molecule has 3 rings (SSSR count). The summed E-state index contributed by atoms with van der Waals surface area (Å²) >= 11 is 0. The number of benzene rings is 1. The Kier molecular flexibility index (Phi) is 3.13. The van der Waals surface area contributed by atoms with Crippen molar-refractivity contribution >= 4 is 10.9 Å². The van der Waals surface area contributed by atoms with Crippen LogP contribution in [0.15, 0.2) is 18.2 Å². The smallest absolute Gasteiger partial charge is 0.0459 e. The fourth-order valence-corrected chi connectivity index (χ4v) is 3.22. The van der Waals surface area contributed by atoms with Gasteiger partial charge in [0.05, 0.1) is 0 Å². The van der Waals surface area contributed by atoms with Crippen LogP contribution in [0.3, 0.4) is 0 Å². The maximum atomic E-state index is 5.86. The van der Waals surface area contributed by atoms with E-state index in [2.05, 4.69) is 30.1 Å². The molecule has 2 heteroatoms. The number of aromatic nitrogens is 1. The topological polar surface area (TPSA) is 41.8 Å². The third-order valence-electron chi connectivity index (χ3n) is 4.37. The first-order valence-electron chi connectivity index (χ1n) is 7.17. The molecule has 1 aromatic carbocycles. The Morgan fingerprint density at radius 3 is 2.89 bits per heavy atom. The van der Waals surface area contributed by atoms with Crippen LogP contribution in [0, 0.1) is 0 Å². The number of aryl methyl sites for hydroxylation is 2. The Morgan fingerprint density at radius 1 is 1.28 bits per heavy atom. The molecule has 18 heavy (non-hydrogen) atoms. The van der Waals surface area contributed by atoms with Crippen LogP contribution in [-0.4, -0.2) is 11.5 Å². The summed E-state index contributed by atoms with van der Waals surface area (Å²) in [4.78, 5) is 3.59. The highest BCUT2D eigenvalue weighted by atomic mass is 14.7. The van der Waals surface area contributed by atoms with Crippen LogP contribution in [0.1, 0.15) is 48.9 Å². The zero-order chi connectivity index (χ0) is 12.5. The fraction of sp³-hybridized carbons (Fsp3) is 0.500. The van der Waals surface area contributed by atoms with E-state index in [0.717, 1.165) is 13.0 Å². The van der Waals surface area contributed by atoms with E-state index >= 15 is 0 Å². The molecule has 0 spiro atoms. The van der Waals surface area contributed by atoms with E-state index in [9.17, 15) is 0 Å². The third kappa shape index (κ3) is 1.85. The third-order valence-corrected chi connectivity index (χ3v) is 4.37. The van der Waals surface area contributed by atoms with Gasteiger partial charge in [0, 0.05) is 16.6 Å². The first-order valence-corrected chi connectivity index (χ1v) is 7.17. The lowest BCUT2D eigenvalue weighted by atomic mass is 9.92. The van der Waals surface area contributed by atoms with Crippen LogP contribution in [0.2, 0.25) is 0 Å². The SMILES string of the molecule is CCC(CN)c1ccc2[nH]c3c(c2c1)CCCC3. The monoisotopic (exact) mass is 242 g/mol. The standard InChI is InChI=1S/C16H22N2/c1-2-11(10-17)12-7-8-16-14(9-12)13-5-3-4-6-15(13)18-16/h7-9,11,18H,2-6,10,17H2,1H3. The summed E-state index contributed by atoms with van der Waals surface area (Å²) < 4.78 is 0. The lowest BCUT2D eigenvalue weighted by Gasteiger charge is -2.14. The van der Waals surface area contributed by atoms with E-state index in [4.69, 9.17) is 5.73 Å². The second-order valence-corrected chi connectivity index (χ2v) is 5.44. The predicted octanol–water partition coefficient (Wildman–Crippen LogP) is 3.50. The zero-order valence-corrected chi connectivity index (χ0v) is 11.1. The lowest BCUT2D eigenvalue weighted by Crippen LogP contribution is -2.11. The summed E-state index contributed by atoms with van der Waals surface area (Å²) in [5.41, 5.74) is 11.6. The van der Waals surface area contributed by atoms with Crippen LogP contribution in [0.5, 0.6) is 0 Å². The number of aromatic amines is 1. The highest BCUT2D eigenvalue weighted by Crippen LogP contribution is 2.31. The largest absolute Gasteiger partial charge is 0.358 e. The second-order valence-electron chi connectivity index (χ2n) is 5.44. The van der Waals surface area contributed by atoms with Gasteiger partial charge in [-0.05, 0) is 67.8 Å². The fourth-order valence-electron chi connectivity index (χ4n) is 3.22. The van der Waals surface area contributed by atoms with Gasteiger partial charge >= 0.3 is 0 Å². The highest BCUT2D eigenvalue weighted by Gasteiger charge is 2.16. The molecule has 1 atom stereocenters. The number of rotatable bonds is 3. The molecule has 3 N–H and O–H groups in total. The molecule has 0 radical (unpaired) electrons. The van der Waals surface area contributed by atoms with E-state index in [0.29, 0.717) is 5.92 Å². The van der Waals surface area contributed by atoms with Gasteiger partial charge in [-0.1, -0.05) is 13.0 Å². The minimum Gasteiger partial charge on any atom is -0.358 e. The maximum Gasteiger partial charge on any atom is 0.0459 e.